The lowest BCUT2D eigenvalue weighted by molar-refractivity contribution is 0.507. The summed E-state index contributed by atoms with van der Waals surface area (Å²) in [4.78, 5) is 8.82. The molecule has 0 bridgehead atoms. The van der Waals surface area contributed by atoms with Crippen LogP contribution >= 0.6 is 0 Å². The molecule has 0 aliphatic heterocycles. The van der Waals surface area contributed by atoms with Gasteiger partial charge in [0.05, 0.1) is 0 Å². The lowest BCUT2D eigenvalue weighted by atomic mass is 10.1. The molecule has 104 valence electrons. The van der Waals surface area contributed by atoms with Crippen molar-refractivity contribution in [2.75, 3.05) is 0 Å². The Balaban J connectivity index is 1.81. The first kappa shape index (κ1) is 13.2. The highest BCUT2D eigenvalue weighted by molar-refractivity contribution is 5.36. The van der Waals surface area contributed by atoms with E-state index in [1.165, 1.54) is 12.1 Å². The quantitative estimate of drug-likeness (QED) is 0.854. The summed E-state index contributed by atoms with van der Waals surface area (Å²) in [7, 11) is 0. The molecule has 20 heavy (non-hydrogen) atoms. The monoisotopic (exact) mass is 274 g/mol. The molecule has 0 spiro atoms. The molecular formula is C16H16F2N2. The van der Waals surface area contributed by atoms with Crippen molar-refractivity contribution in [2.45, 2.75) is 38.5 Å². The van der Waals surface area contributed by atoms with Gasteiger partial charge in [-0.05, 0) is 48.1 Å². The summed E-state index contributed by atoms with van der Waals surface area (Å²) < 4.78 is 26.5. The highest BCUT2D eigenvalue weighted by atomic mass is 19.2. The minimum absolute atomic E-state index is 0.127. The van der Waals surface area contributed by atoms with Crippen LogP contribution in [0, 0.1) is 11.6 Å². The molecule has 0 amide bonds. The van der Waals surface area contributed by atoms with Gasteiger partial charge in [0.2, 0.25) is 0 Å². The van der Waals surface area contributed by atoms with Crippen molar-refractivity contribution >= 4 is 0 Å². The summed E-state index contributed by atoms with van der Waals surface area (Å²) in [5, 5.41) is 0. The highest BCUT2D eigenvalue weighted by Gasteiger charge is 2.26. The number of aryl methyl sites for hydroxylation is 1. The van der Waals surface area contributed by atoms with Crippen molar-refractivity contribution in [3.8, 4) is 0 Å². The first-order chi connectivity index (χ1) is 9.67. The Hall–Kier alpha value is -1.84. The second-order valence-electron chi connectivity index (χ2n) is 5.34. The predicted molar refractivity (Wildman–Crippen MR) is 72.5 cm³/mol. The van der Waals surface area contributed by atoms with E-state index in [1.54, 1.807) is 0 Å². The van der Waals surface area contributed by atoms with E-state index in [4.69, 9.17) is 0 Å². The number of fused-ring (bicyclic) bond motifs is 1. The molecule has 1 aliphatic rings. The van der Waals surface area contributed by atoms with Gasteiger partial charge in [0, 0.05) is 18.3 Å². The standard InChI is InChI=1S/C16H16F2N2/c1-2-3-10-8-19-16(20-9-10)13-4-11-6-14(17)15(18)7-12(11)5-13/h6-9,13H,2-5H2,1H3. The van der Waals surface area contributed by atoms with Crippen LogP contribution in [0.25, 0.3) is 0 Å². The number of rotatable bonds is 3. The maximum Gasteiger partial charge on any atom is 0.159 e. The van der Waals surface area contributed by atoms with Gasteiger partial charge in [-0.25, -0.2) is 18.7 Å². The molecule has 0 atom stereocenters. The number of benzene rings is 1. The molecule has 1 aromatic carbocycles. The molecule has 1 heterocycles. The van der Waals surface area contributed by atoms with Gasteiger partial charge < -0.3 is 0 Å². The zero-order valence-corrected chi connectivity index (χ0v) is 11.4. The topological polar surface area (TPSA) is 25.8 Å². The molecule has 0 N–H and O–H groups in total. The van der Waals surface area contributed by atoms with Crippen LogP contribution in [-0.4, -0.2) is 9.97 Å². The summed E-state index contributed by atoms with van der Waals surface area (Å²) in [5.74, 6) is -0.657. The molecule has 0 saturated carbocycles. The van der Waals surface area contributed by atoms with E-state index in [0.717, 1.165) is 35.4 Å². The molecule has 0 fully saturated rings. The van der Waals surface area contributed by atoms with Crippen LogP contribution in [0.5, 0.6) is 0 Å². The van der Waals surface area contributed by atoms with Gasteiger partial charge in [-0.1, -0.05) is 13.3 Å². The van der Waals surface area contributed by atoms with Crippen molar-refractivity contribution in [3.05, 3.63) is 58.7 Å². The van der Waals surface area contributed by atoms with E-state index in [9.17, 15) is 8.78 Å². The largest absolute Gasteiger partial charge is 0.241 e. The number of halogens is 2. The first-order valence-corrected chi connectivity index (χ1v) is 6.95. The van der Waals surface area contributed by atoms with Crippen molar-refractivity contribution in [3.63, 3.8) is 0 Å². The van der Waals surface area contributed by atoms with Crippen LogP contribution in [0.2, 0.25) is 0 Å². The number of aromatic nitrogens is 2. The zero-order chi connectivity index (χ0) is 14.1. The summed E-state index contributed by atoms with van der Waals surface area (Å²) >= 11 is 0. The Morgan fingerprint density at radius 1 is 1.05 bits per heavy atom. The van der Waals surface area contributed by atoms with Crippen molar-refractivity contribution in [1.82, 2.24) is 9.97 Å². The molecule has 2 aromatic rings. The molecule has 4 heteroatoms. The summed E-state index contributed by atoms with van der Waals surface area (Å²) in [6.45, 7) is 2.12. The third-order valence-corrected chi connectivity index (χ3v) is 3.80. The van der Waals surface area contributed by atoms with Crippen LogP contribution in [0.1, 0.15) is 41.8 Å². The highest BCUT2D eigenvalue weighted by Crippen LogP contribution is 2.33. The van der Waals surface area contributed by atoms with Crippen LogP contribution < -0.4 is 0 Å². The van der Waals surface area contributed by atoms with Crippen LogP contribution in [0.4, 0.5) is 8.78 Å². The zero-order valence-electron chi connectivity index (χ0n) is 11.4. The number of hydrogen-bond acceptors (Lipinski definition) is 2. The average Bonchev–Trinajstić information content (AvgIpc) is 2.83. The second-order valence-corrected chi connectivity index (χ2v) is 5.34. The van der Waals surface area contributed by atoms with E-state index in [-0.39, 0.29) is 5.92 Å². The van der Waals surface area contributed by atoms with Gasteiger partial charge in [0.15, 0.2) is 11.6 Å². The molecule has 2 nitrogen and oxygen atoms in total. The van der Waals surface area contributed by atoms with Crippen LogP contribution in [-0.2, 0) is 19.3 Å². The van der Waals surface area contributed by atoms with E-state index >= 15 is 0 Å². The molecule has 0 unspecified atom stereocenters. The van der Waals surface area contributed by atoms with Gasteiger partial charge >= 0.3 is 0 Å². The van der Waals surface area contributed by atoms with Gasteiger partial charge in [-0.2, -0.15) is 0 Å². The second kappa shape index (κ2) is 5.27. The van der Waals surface area contributed by atoms with E-state index in [0.29, 0.717) is 12.8 Å². The Labute approximate surface area is 116 Å². The smallest absolute Gasteiger partial charge is 0.159 e. The summed E-state index contributed by atoms with van der Waals surface area (Å²) in [5.41, 5.74) is 2.87. The SMILES string of the molecule is CCCc1cnc(C2Cc3cc(F)c(F)cc3C2)nc1. The normalized spacial score (nSPS) is 14.6. The fourth-order valence-electron chi connectivity index (χ4n) is 2.79. The van der Waals surface area contributed by atoms with Gasteiger partial charge in [0.25, 0.3) is 0 Å². The minimum atomic E-state index is -0.774. The summed E-state index contributed by atoms with van der Waals surface area (Å²) in [6.07, 6.45) is 7.11. The van der Waals surface area contributed by atoms with E-state index in [2.05, 4.69) is 16.9 Å². The van der Waals surface area contributed by atoms with Crippen molar-refractivity contribution < 1.29 is 8.78 Å². The lowest BCUT2D eigenvalue weighted by Crippen LogP contribution is -2.04. The summed E-state index contributed by atoms with van der Waals surface area (Å²) in [6, 6.07) is 2.60. The van der Waals surface area contributed by atoms with Gasteiger partial charge in [0.1, 0.15) is 5.82 Å². The first-order valence-electron chi connectivity index (χ1n) is 6.95. The average molecular weight is 274 g/mol. The third kappa shape index (κ3) is 2.42. The van der Waals surface area contributed by atoms with Crippen LogP contribution in [0.15, 0.2) is 24.5 Å². The number of hydrogen-bond donors (Lipinski definition) is 0. The van der Waals surface area contributed by atoms with Crippen molar-refractivity contribution in [1.29, 1.82) is 0 Å². The minimum Gasteiger partial charge on any atom is -0.241 e. The molecule has 1 aliphatic carbocycles. The maximum absolute atomic E-state index is 13.2. The molecule has 1 aromatic heterocycles. The maximum atomic E-state index is 13.2. The lowest BCUT2D eigenvalue weighted by Gasteiger charge is -2.07. The fourth-order valence-corrected chi connectivity index (χ4v) is 2.79. The van der Waals surface area contributed by atoms with E-state index in [1.807, 2.05) is 12.4 Å². The Morgan fingerprint density at radius 2 is 1.60 bits per heavy atom. The van der Waals surface area contributed by atoms with Crippen molar-refractivity contribution in [2.24, 2.45) is 0 Å². The fraction of sp³-hybridized carbons (Fsp3) is 0.375. The van der Waals surface area contributed by atoms with Gasteiger partial charge in [-0.3, -0.25) is 0 Å². The molecular weight excluding hydrogens is 258 g/mol. The molecule has 0 saturated heterocycles. The Kier molecular flexibility index (Phi) is 3.47. The third-order valence-electron chi connectivity index (χ3n) is 3.80. The molecule has 3 rings (SSSR count). The van der Waals surface area contributed by atoms with E-state index < -0.39 is 11.6 Å². The van der Waals surface area contributed by atoms with Gasteiger partial charge in [-0.15, -0.1) is 0 Å². The Morgan fingerprint density at radius 3 is 2.10 bits per heavy atom. The Bertz CT molecular complexity index is 592. The van der Waals surface area contributed by atoms with Crippen LogP contribution in [0.3, 0.4) is 0 Å². The molecule has 0 radical (unpaired) electrons. The predicted octanol–water partition coefficient (Wildman–Crippen LogP) is 3.59. The number of nitrogens with zero attached hydrogens (tertiary/aromatic N) is 2.